The topological polar surface area (TPSA) is 15.8 Å². The summed E-state index contributed by atoms with van der Waals surface area (Å²) in [6, 6.07) is 20.4. The molecule has 0 unspecified atom stereocenters. The summed E-state index contributed by atoms with van der Waals surface area (Å²) in [5, 5.41) is 0.750. The first kappa shape index (κ1) is 11.1. The third-order valence-electron chi connectivity index (χ3n) is 2.96. The lowest BCUT2D eigenvalue weighted by Crippen LogP contribution is -1.82. The van der Waals surface area contributed by atoms with Gasteiger partial charge in [-0.1, -0.05) is 72.3 Å². The van der Waals surface area contributed by atoms with Gasteiger partial charge in [0.25, 0.3) is 0 Å². The molecule has 1 aromatic heterocycles. The molecule has 1 N–H and O–H groups in total. The van der Waals surface area contributed by atoms with Crippen LogP contribution in [0.15, 0.2) is 66.9 Å². The number of aromatic nitrogens is 1. The number of hydrogen-bond acceptors (Lipinski definition) is 0. The molecule has 18 heavy (non-hydrogen) atoms. The zero-order valence-electron chi connectivity index (χ0n) is 9.73. The normalized spacial score (nSPS) is 10.5. The molecule has 1 nitrogen and oxygen atoms in total. The second-order valence-corrected chi connectivity index (χ2v) is 4.53. The molecule has 0 aliphatic rings. The summed E-state index contributed by atoms with van der Waals surface area (Å²) < 4.78 is 0. The Balaban J connectivity index is 2.19. The van der Waals surface area contributed by atoms with Crippen LogP contribution in [0.4, 0.5) is 0 Å². The molecule has 0 aliphatic carbocycles. The molecule has 0 fully saturated rings. The Morgan fingerprint density at radius 3 is 1.89 bits per heavy atom. The number of hydrogen-bond donors (Lipinski definition) is 1. The van der Waals surface area contributed by atoms with Crippen molar-refractivity contribution in [1.29, 1.82) is 0 Å². The second-order valence-electron chi connectivity index (χ2n) is 4.12. The number of halogens is 1. The van der Waals surface area contributed by atoms with E-state index in [9.17, 15) is 0 Å². The van der Waals surface area contributed by atoms with E-state index in [0.29, 0.717) is 0 Å². The van der Waals surface area contributed by atoms with Gasteiger partial charge in [-0.05, 0) is 11.1 Å². The summed E-state index contributed by atoms with van der Waals surface area (Å²) in [5.41, 5.74) is 4.39. The first-order valence-electron chi connectivity index (χ1n) is 5.84. The lowest BCUT2D eigenvalue weighted by molar-refractivity contribution is 1.40. The second kappa shape index (κ2) is 4.71. The molecule has 0 saturated carbocycles. The molecule has 1 heterocycles. The fourth-order valence-corrected chi connectivity index (χ4v) is 2.38. The van der Waals surface area contributed by atoms with Crippen molar-refractivity contribution in [2.75, 3.05) is 0 Å². The Morgan fingerprint density at radius 1 is 0.722 bits per heavy atom. The number of nitrogens with one attached hydrogen (secondary N) is 1. The quantitative estimate of drug-likeness (QED) is 0.661. The minimum Gasteiger partial charge on any atom is -0.359 e. The maximum absolute atomic E-state index is 6.30. The maximum Gasteiger partial charge on any atom is 0.0665 e. The lowest BCUT2D eigenvalue weighted by Gasteiger charge is -2.05. The summed E-state index contributed by atoms with van der Waals surface area (Å²) >= 11 is 6.30. The zero-order chi connectivity index (χ0) is 12.4. The highest BCUT2D eigenvalue weighted by atomic mass is 35.5. The predicted molar refractivity (Wildman–Crippen MR) is 76.7 cm³/mol. The van der Waals surface area contributed by atoms with Gasteiger partial charge in [0, 0.05) is 11.8 Å². The molecule has 0 aliphatic heterocycles. The van der Waals surface area contributed by atoms with E-state index in [-0.39, 0.29) is 0 Å². The Bertz CT molecular complexity index is 641. The molecule has 0 spiro atoms. The monoisotopic (exact) mass is 253 g/mol. The first-order chi connectivity index (χ1) is 8.86. The van der Waals surface area contributed by atoms with Gasteiger partial charge in [-0.25, -0.2) is 0 Å². The van der Waals surface area contributed by atoms with Gasteiger partial charge in [-0.3, -0.25) is 0 Å². The molecule has 3 rings (SSSR count). The fourth-order valence-electron chi connectivity index (χ4n) is 2.12. The Hall–Kier alpha value is -1.99. The largest absolute Gasteiger partial charge is 0.359 e. The van der Waals surface area contributed by atoms with Gasteiger partial charge in [0.15, 0.2) is 0 Å². The third kappa shape index (κ3) is 1.93. The van der Waals surface area contributed by atoms with Gasteiger partial charge in [0.2, 0.25) is 0 Å². The molecule has 0 saturated heterocycles. The molecule has 2 aromatic carbocycles. The van der Waals surface area contributed by atoms with Crippen molar-refractivity contribution >= 4 is 11.6 Å². The van der Waals surface area contributed by atoms with E-state index >= 15 is 0 Å². The summed E-state index contributed by atoms with van der Waals surface area (Å²) in [5.74, 6) is 0. The van der Waals surface area contributed by atoms with Crippen LogP contribution in [0, 0.1) is 0 Å². The summed E-state index contributed by atoms with van der Waals surface area (Å²) in [6.45, 7) is 0. The lowest BCUT2D eigenvalue weighted by atomic mass is 10.0. The van der Waals surface area contributed by atoms with Gasteiger partial charge >= 0.3 is 0 Å². The zero-order valence-corrected chi connectivity index (χ0v) is 10.5. The van der Waals surface area contributed by atoms with Crippen molar-refractivity contribution < 1.29 is 0 Å². The molecular weight excluding hydrogens is 242 g/mol. The summed E-state index contributed by atoms with van der Waals surface area (Å²) in [4.78, 5) is 3.26. The van der Waals surface area contributed by atoms with Crippen molar-refractivity contribution in [1.82, 2.24) is 4.98 Å². The molecule has 3 aromatic rings. The molecule has 0 radical (unpaired) electrons. The fraction of sp³-hybridized carbons (Fsp3) is 0. The average Bonchev–Trinajstić information content (AvgIpc) is 2.83. The number of H-pyrrole nitrogens is 1. The summed E-state index contributed by atoms with van der Waals surface area (Å²) in [6.07, 6.45) is 1.84. The highest BCUT2D eigenvalue weighted by molar-refractivity contribution is 6.34. The Labute approximate surface area is 111 Å². The first-order valence-corrected chi connectivity index (χ1v) is 6.22. The summed E-state index contributed by atoms with van der Waals surface area (Å²) in [7, 11) is 0. The molecule has 0 amide bonds. The highest BCUT2D eigenvalue weighted by Gasteiger charge is 2.12. The molecule has 88 valence electrons. The number of aromatic amines is 1. The van der Waals surface area contributed by atoms with Crippen LogP contribution in [0.5, 0.6) is 0 Å². The van der Waals surface area contributed by atoms with Gasteiger partial charge in [0.1, 0.15) is 0 Å². The van der Waals surface area contributed by atoms with Crippen LogP contribution < -0.4 is 0 Å². The van der Waals surface area contributed by atoms with Crippen LogP contribution in [-0.4, -0.2) is 4.98 Å². The number of benzene rings is 2. The molecule has 0 atom stereocenters. The molecule has 2 heteroatoms. The van der Waals surface area contributed by atoms with Gasteiger partial charge in [-0.15, -0.1) is 0 Å². The smallest absolute Gasteiger partial charge is 0.0665 e. The van der Waals surface area contributed by atoms with Gasteiger partial charge in [-0.2, -0.15) is 0 Å². The maximum atomic E-state index is 6.30. The van der Waals surface area contributed by atoms with E-state index in [1.165, 1.54) is 0 Å². The Morgan fingerprint density at radius 2 is 1.28 bits per heavy atom. The van der Waals surface area contributed by atoms with Crippen molar-refractivity contribution in [2.45, 2.75) is 0 Å². The van der Waals surface area contributed by atoms with Crippen LogP contribution >= 0.6 is 11.6 Å². The predicted octanol–water partition coefficient (Wildman–Crippen LogP) is 5.00. The average molecular weight is 254 g/mol. The third-order valence-corrected chi connectivity index (χ3v) is 3.26. The van der Waals surface area contributed by atoms with Crippen molar-refractivity contribution in [3.63, 3.8) is 0 Å². The Kier molecular flexibility index (Phi) is 2.91. The van der Waals surface area contributed by atoms with E-state index in [1.54, 1.807) is 0 Å². The minimum absolute atomic E-state index is 0.750. The SMILES string of the molecule is Clc1c[nH]c(-c2ccccc2)c1-c1ccccc1. The van der Waals surface area contributed by atoms with E-state index < -0.39 is 0 Å². The van der Waals surface area contributed by atoms with E-state index in [2.05, 4.69) is 29.2 Å². The van der Waals surface area contributed by atoms with E-state index in [4.69, 9.17) is 11.6 Å². The van der Waals surface area contributed by atoms with Gasteiger partial charge < -0.3 is 4.98 Å². The molecule has 0 bridgehead atoms. The highest BCUT2D eigenvalue weighted by Crippen LogP contribution is 2.36. The van der Waals surface area contributed by atoms with Crippen LogP contribution in [-0.2, 0) is 0 Å². The number of rotatable bonds is 2. The van der Waals surface area contributed by atoms with Gasteiger partial charge in [0.05, 0.1) is 10.7 Å². The van der Waals surface area contributed by atoms with Crippen LogP contribution in [0.3, 0.4) is 0 Å². The van der Waals surface area contributed by atoms with E-state index in [0.717, 1.165) is 27.4 Å². The van der Waals surface area contributed by atoms with Crippen LogP contribution in [0.2, 0.25) is 5.02 Å². The van der Waals surface area contributed by atoms with Crippen LogP contribution in [0.25, 0.3) is 22.4 Å². The molecular formula is C16H12ClN. The van der Waals surface area contributed by atoms with Crippen molar-refractivity contribution in [3.8, 4) is 22.4 Å². The van der Waals surface area contributed by atoms with Crippen molar-refractivity contribution in [3.05, 3.63) is 71.9 Å². The van der Waals surface area contributed by atoms with E-state index in [1.807, 2.05) is 42.6 Å². The van der Waals surface area contributed by atoms with Crippen LogP contribution in [0.1, 0.15) is 0 Å². The standard InChI is InChI=1S/C16H12ClN/c17-14-11-18-16(13-9-5-2-6-10-13)15(14)12-7-3-1-4-8-12/h1-11,18H. The minimum atomic E-state index is 0.750. The van der Waals surface area contributed by atoms with Crippen molar-refractivity contribution in [2.24, 2.45) is 0 Å².